The first-order chi connectivity index (χ1) is 9.87. The molecule has 1 rings (SSSR count). The van der Waals surface area contributed by atoms with E-state index in [4.69, 9.17) is 4.74 Å². The summed E-state index contributed by atoms with van der Waals surface area (Å²) in [6, 6.07) is 7.09. The number of nitrogens with one attached hydrogen (secondary N) is 1. The van der Waals surface area contributed by atoms with Crippen LogP contribution in [0.5, 0.6) is 5.75 Å². The van der Waals surface area contributed by atoms with Crippen LogP contribution in [0.1, 0.15) is 39.7 Å². The van der Waals surface area contributed by atoms with E-state index >= 15 is 0 Å². The molecule has 0 bridgehead atoms. The molecule has 0 heterocycles. The van der Waals surface area contributed by atoms with Gasteiger partial charge in [-0.3, -0.25) is 4.79 Å². The van der Waals surface area contributed by atoms with E-state index in [1.807, 2.05) is 26.0 Å². The van der Waals surface area contributed by atoms with Crippen LogP contribution in [0, 0.1) is 5.92 Å². The highest BCUT2D eigenvalue weighted by atomic mass is 16.5. The predicted octanol–water partition coefficient (Wildman–Crippen LogP) is 2.89. The Morgan fingerprint density at radius 2 is 1.95 bits per heavy atom. The quantitative estimate of drug-likeness (QED) is 0.724. The SMILES string of the molecule is CCOC(=O)C(C)(CCc1ccc(O)cc1)NCC(C)C. The number of esters is 1. The first-order valence-electron chi connectivity index (χ1n) is 7.57. The van der Waals surface area contributed by atoms with Crippen LogP contribution in [0.2, 0.25) is 0 Å². The summed E-state index contributed by atoms with van der Waals surface area (Å²) < 4.78 is 5.21. The normalized spacial score (nSPS) is 14.0. The third-order valence-electron chi connectivity index (χ3n) is 3.48. The Labute approximate surface area is 127 Å². The zero-order chi connectivity index (χ0) is 15.9. The van der Waals surface area contributed by atoms with Crippen molar-refractivity contribution in [3.8, 4) is 5.75 Å². The van der Waals surface area contributed by atoms with E-state index < -0.39 is 5.54 Å². The van der Waals surface area contributed by atoms with Gasteiger partial charge in [-0.25, -0.2) is 0 Å². The zero-order valence-electron chi connectivity index (χ0n) is 13.5. The van der Waals surface area contributed by atoms with Crippen LogP contribution in [0.3, 0.4) is 0 Å². The van der Waals surface area contributed by atoms with Crippen LogP contribution in [0.15, 0.2) is 24.3 Å². The average Bonchev–Trinajstić information content (AvgIpc) is 2.45. The van der Waals surface area contributed by atoms with Gasteiger partial charge in [-0.05, 0) is 56.8 Å². The highest BCUT2D eigenvalue weighted by Crippen LogP contribution is 2.18. The van der Waals surface area contributed by atoms with Crippen molar-refractivity contribution in [2.24, 2.45) is 5.92 Å². The Morgan fingerprint density at radius 3 is 2.48 bits per heavy atom. The lowest BCUT2D eigenvalue weighted by atomic mass is 9.92. The molecule has 0 spiro atoms. The molecular formula is C17H27NO3. The van der Waals surface area contributed by atoms with Gasteiger partial charge in [0.25, 0.3) is 0 Å². The van der Waals surface area contributed by atoms with Crippen LogP contribution in [-0.4, -0.2) is 29.8 Å². The molecule has 0 aliphatic heterocycles. The molecule has 0 saturated carbocycles. The highest BCUT2D eigenvalue weighted by molar-refractivity contribution is 5.80. The minimum atomic E-state index is -0.682. The van der Waals surface area contributed by atoms with E-state index in [9.17, 15) is 9.90 Å². The average molecular weight is 293 g/mol. The van der Waals surface area contributed by atoms with Gasteiger partial charge < -0.3 is 15.2 Å². The number of ether oxygens (including phenoxy) is 1. The maximum Gasteiger partial charge on any atom is 0.326 e. The molecule has 4 nitrogen and oxygen atoms in total. The molecule has 0 aromatic heterocycles. The largest absolute Gasteiger partial charge is 0.508 e. The predicted molar refractivity (Wildman–Crippen MR) is 84.3 cm³/mol. The standard InChI is InChI=1S/C17H27NO3/c1-5-21-16(20)17(4,18-12-13(2)3)11-10-14-6-8-15(19)9-7-14/h6-9,13,18-19H,5,10-12H2,1-4H3. The molecule has 1 atom stereocenters. The number of hydrogen-bond acceptors (Lipinski definition) is 4. The number of rotatable bonds is 8. The number of carbonyl (C=O) groups is 1. The molecule has 21 heavy (non-hydrogen) atoms. The first-order valence-corrected chi connectivity index (χ1v) is 7.57. The molecule has 1 aromatic carbocycles. The number of aromatic hydroxyl groups is 1. The van der Waals surface area contributed by atoms with Crippen molar-refractivity contribution >= 4 is 5.97 Å². The third kappa shape index (κ3) is 5.76. The maximum atomic E-state index is 12.2. The fourth-order valence-corrected chi connectivity index (χ4v) is 2.04. The van der Waals surface area contributed by atoms with E-state index in [2.05, 4.69) is 19.2 Å². The summed E-state index contributed by atoms with van der Waals surface area (Å²) in [5.74, 6) is 0.515. The van der Waals surface area contributed by atoms with E-state index in [1.54, 1.807) is 12.1 Å². The lowest BCUT2D eigenvalue weighted by Crippen LogP contribution is -2.52. The molecule has 0 amide bonds. The number of benzene rings is 1. The van der Waals surface area contributed by atoms with Gasteiger partial charge in [-0.15, -0.1) is 0 Å². The molecule has 1 unspecified atom stereocenters. The molecule has 0 radical (unpaired) electrons. The summed E-state index contributed by atoms with van der Waals surface area (Å²) >= 11 is 0. The number of phenols is 1. The molecule has 0 saturated heterocycles. The van der Waals surface area contributed by atoms with Gasteiger partial charge in [0.15, 0.2) is 0 Å². The molecule has 4 heteroatoms. The summed E-state index contributed by atoms with van der Waals surface area (Å²) in [5, 5.41) is 12.6. The van der Waals surface area contributed by atoms with Crippen LogP contribution in [-0.2, 0) is 16.0 Å². The summed E-state index contributed by atoms with van der Waals surface area (Å²) in [7, 11) is 0. The van der Waals surface area contributed by atoms with Gasteiger partial charge in [0.1, 0.15) is 11.3 Å². The molecule has 1 aromatic rings. The second kappa shape index (κ2) is 8.03. The lowest BCUT2D eigenvalue weighted by molar-refractivity contribution is -0.150. The summed E-state index contributed by atoms with van der Waals surface area (Å²) in [4.78, 5) is 12.2. The van der Waals surface area contributed by atoms with Gasteiger partial charge >= 0.3 is 5.97 Å². The van der Waals surface area contributed by atoms with Crippen molar-refractivity contribution in [1.29, 1.82) is 0 Å². The number of aryl methyl sites for hydroxylation is 1. The third-order valence-corrected chi connectivity index (χ3v) is 3.48. The minimum Gasteiger partial charge on any atom is -0.508 e. The van der Waals surface area contributed by atoms with Gasteiger partial charge in [0.05, 0.1) is 6.61 Å². The van der Waals surface area contributed by atoms with Gasteiger partial charge in [0.2, 0.25) is 0 Å². The lowest BCUT2D eigenvalue weighted by Gasteiger charge is -2.29. The monoisotopic (exact) mass is 293 g/mol. The first kappa shape index (κ1) is 17.5. The highest BCUT2D eigenvalue weighted by Gasteiger charge is 2.33. The van der Waals surface area contributed by atoms with Crippen LogP contribution in [0.25, 0.3) is 0 Å². The second-order valence-corrected chi connectivity index (χ2v) is 5.99. The van der Waals surface area contributed by atoms with Crippen LogP contribution >= 0.6 is 0 Å². The smallest absolute Gasteiger partial charge is 0.326 e. The topological polar surface area (TPSA) is 58.6 Å². The van der Waals surface area contributed by atoms with Crippen LogP contribution < -0.4 is 5.32 Å². The van der Waals surface area contributed by atoms with Gasteiger partial charge in [0, 0.05) is 0 Å². The van der Waals surface area contributed by atoms with E-state index in [0.717, 1.165) is 18.5 Å². The zero-order valence-corrected chi connectivity index (χ0v) is 13.5. The van der Waals surface area contributed by atoms with Crippen LogP contribution in [0.4, 0.5) is 0 Å². The van der Waals surface area contributed by atoms with E-state index in [-0.39, 0.29) is 11.7 Å². The van der Waals surface area contributed by atoms with E-state index in [1.165, 1.54) is 0 Å². The van der Waals surface area contributed by atoms with Crippen molar-refractivity contribution in [1.82, 2.24) is 5.32 Å². The van der Waals surface area contributed by atoms with Gasteiger partial charge in [-0.2, -0.15) is 0 Å². The Hall–Kier alpha value is -1.55. The summed E-state index contributed by atoms with van der Waals surface area (Å²) in [5.41, 5.74) is 0.410. The van der Waals surface area contributed by atoms with Crippen molar-refractivity contribution in [3.05, 3.63) is 29.8 Å². The molecule has 118 valence electrons. The number of carbonyl (C=O) groups excluding carboxylic acids is 1. The number of phenolic OH excluding ortho intramolecular Hbond substituents is 1. The number of hydrogen-bond donors (Lipinski definition) is 2. The Bertz CT molecular complexity index is 442. The molecule has 0 aliphatic rings. The fraction of sp³-hybridized carbons (Fsp3) is 0.588. The van der Waals surface area contributed by atoms with Crippen molar-refractivity contribution in [2.45, 2.75) is 46.1 Å². The summed E-state index contributed by atoms with van der Waals surface area (Å²) in [6.45, 7) is 9.09. The molecular weight excluding hydrogens is 266 g/mol. The maximum absolute atomic E-state index is 12.2. The molecule has 0 aliphatic carbocycles. The Balaban J connectivity index is 2.71. The summed E-state index contributed by atoms with van der Waals surface area (Å²) in [6.07, 6.45) is 1.41. The minimum absolute atomic E-state index is 0.204. The van der Waals surface area contributed by atoms with E-state index in [0.29, 0.717) is 18.9 Å². The second-order valence-electron chi connectivity index (χ2n) is 5.99. The fourth-order valence-electron chi connectivity index (χ4n) is 2.04. The molecule has 0 fully saturated rings. The van der Waals surface area contributed by atoms with Crippen molar-refractivity contribution in [2.75, 3.05) is 13.2 Å². The molecule has 2 N–H and O–H groups in total. The van der Waals surface area contributed by atoms with Crippen molar-refractivity contribution < 1.29 is 14.6 Å². The van der Waals surface area contributed by atoms with Crippen molar-refractivity contribution in [3.63, 3.8) is 0 Å². The Kier molecular flexibility index (Phi) is 6.69. The van der Waals surface area contributed by atoms with Gasteiger partial charge in [-0.1, -0.05) is 26.0 Å². The Morgan fingerprint density at radius 1 is 1.33 bits per heavy atom.